The zero-order valence-electron chi connectivity index (χ0n) is 17.6. The lowest BCUT2D eigenvalue weighted by atomic mass is 9.86. The molecule has 2 fully saturated rings. The summed E-state index contributed by atoms with van der Waals surface area (Å²) in [7, 11) is 6.89. The third-order valence-electron chi connectivity index (χ3n) is 7.08. The van der Waals surface area contributed by atoms with Crippen LogP contribution in [0.5, 0.6) is 0 Å². The van der Waals surface area contributed by atoms with Crippen LogP contribution in [0.4, 0.5) is 0 Å². The van der Waals surface area contributed by atoms with Crippen LogP contribution in [0.2, 0.25) is 0 Å². The number of rotatable bonds is 5. The van der Waals surface area contributed by atoms with Gasteiger partial charge in [0.15, 0.2) is 0 Å². The average molecular weight is 339 g/mol. The Balaban J connectivity index is 1.95. The van der Waals surface area contributed by atoms with Crippen LogP contribution < -0.4 is 0 Å². The highest BCUT2D eigenvalue weighted by Crippen LogP contribution is 2.31. The predicted octanol–water partition coefficient (Wildman–Crippen LogP) is 2.94. The molecule has 2 heterocycles. The summed E-state index contributed by atoms with van der Waals surface area (Å²) in [6.45, 7) is 16.6. The van der Waals surface area contributed by atoms with Crippen LogP contribution in [0.3, 0.4) is 0 Å². The van der Waals surface area contributed by atoms with Crippen molar-refractivity contribution in [3.05, 3.63) is 0 Å². The van der Waals surface area contributed by atoms with E-state index in [4.69, 9.17) is 0 Å². The van der Waals surface area contributed by atoms with Gasteiger partial charge in [-0.15, -0.1) is 0 Å². The highest BCUT2D eigenvalue weighted by Gasteiger charge is 2.37. The molecule has 0 saturated carbocycles. The van der Waals surface area contributed by atoms with Gasteiger partial charge in [0.05, 0.1) is 6.67 Å². The number of likely N-dealkylation sites (tertiary alicyclic amines) is 2. The first-order valence-electron chi connectivity index (χ1n) is 9.93. The van der Waals surface area contributed by atoms with Crippen molar-refractivity contribution in [1.82, 2.24) is 19.6 Å². The maximum Gasteiger partial charge on any atom is 0.0508 e. The molecule has 0 bridgehead atoms. The molecular weight excluding hydrogens is 296 g/mol. The summed E-state index contributed by atoms with van der Waals surface area (Å²) >= 11 is 0. The zero-order valence-corrected chi connectivity index (χ0v) is 17.6. The van der Waals surface area contributed by atoms with Gasteiger partial charge in [0.1, 0.15) is 0 Å². The van der Waals surface area contributed by atoms with Gasteiger partial charge in [-0.05, 0) is 94.2 Å². The van der Waals surface area contributed by atoms with Crippen molar-refractivity contribution < 1.29 is 0 Å². The van der Waals surface area contributed by atoms with Crippen molar-refractivity contribution >= 4 is 0 Å². The van der Waals surface area contributed by atoms with E-state index < -0.39 is 0 Å². The topological polar surface area (TPSA) is 13.0 Å². The third kappa shape index (κ3) is 4.51. The van der Waals surface area contributed by atoms with Gasteiger partial charge >= 0.3 is 0 Å². The molecule has 142 valence electrons. The van der Waals surface area contributed by atoms with Crippen molar-refractivity contribution in [2.45, 2.75) is 83.5 Å². The van der Waals surface area contributed by atoms with Crippen LogP contribution in [-0.4, -0.2) is 90.2 Å². The molecule has 2 saturated heterocycles. The minimum atomic E-state index is 0.323. The summed E-state index contributed by atoms with van der Waals surface area (Å²) in [5, 5.41) is 0. The van der Waals surface area contributed by atoms with Gasteiger partial charge in [-0.3, -0.25) is 9.80 Å². The van der Waals surface area contributed by atoms with E-state index in [1.165, 1.54) is 38.8 Å². The van der Waals surface area contributed by atoms with E-state index >= 15 is 0 Å². The van der Waals surface area contributed by atoms with Crippen molar-refractivity contribution in [1.29, 1.82) is 0 Å². The maximum atomic E-state index is 2.72. The third-order valence-corrected chi connectivity index (χ3v) is 7.08. The van der Waals surface area contributed by atoms with E-state index in [0.29, 0.717) is 17.1 Å². The SMILES string of the molecule is CCN(CN(C)C1CCN(C)C(C)(C)C1)C1CCN(C)C(C)(C)C1. The Labute approximate surface area is 151 Å². The first-order chi connectivity index (χ1) is 11.1. The van der Waals surface area contributed by atoms with Gasteiger partial charge in [0, 0.05) is 23.2 Å². The van der Waals surface area contributed by atoms with E-state index in [0.717, 1.165) is 19.3 Å². The molecule has 0 N–H and O–H groups in total. The second-order valence-electron chi connectivity index (χ2n) is 9.56. The highest BCUT2D eigenvalue weighted by molar-refractivity contribution is 4.93. The number of piperidine rings is 2. The Kier molecular flexibility index (Phi) is 6.39. The van der Waals surface area contributed by atoms with E-state index in [1.807, 2.05) is 0 Å². The summed E-state index contributed by atoms with van der Waals surface area (Å²) in [5.41, 5.74) is 0.647. The van der Waals surface area contributed by atoms with Gasteiger partial charge in [-0.25, -0.2) is 0 Å². The molecule has 2 rings (SSSR count). The van der Waals surface area contributed by atoms with Crippen molar-refractivity contribution in [2.24, 2.45) is 0 Å². The molecule has 2 aliphatic heterocycles. The van der Waals surface area contributed by atoms with Crippen molar-refractivity contribution in [2.75, 3.05) is 47.4 Å². The summed E-state index contributed by atoms with van der Waals surface area (Å²) in [6.07, 6.45) is 5.16. The molecule has 4 nitrogen and oxygen atoms in total. The first-order valence-corrected chi connectivity index (χ1v) is 9.93. The molecule has 2 unspecified atom stereocenters. The lowest BCUT2D eigenvalue weighted by Crippen LogP contribution is -2.57. The average Bonchev–Trinajstić information content (AvgIpc) is 2.50. The molecule has 0 aromatic heterocycles. The molecular formula is C20H42N4. The molecule has 0 aromatic carbocycles. The largest absolute Gasteiger partial charge is 0.301 e. The summed E-state index contributed by atoms with van der Waals surface area (Å²) in [6, 6.07) is 1.44. The molecule has 4 heteroatoms. The Morgan fingerprint density at radius 3 is 1.79 bits per heavy atom. The minimum absolute atomic E-state index is 0.323. The molecule has 2 aliphatic rings. The Hall–Kier alpha value is -0.160. The minimum Gasteiger partial charge on any atom is -0.301 e. The second kappa shape index (κ2) is 7.61. The summed E-state index contributed by atoms with van der Waals surface area (Å²) in [5.74, 6) is 0. The standard InChI is InChI=1S/C20H42N4/c1-9-24(18-11-13-23(8)20(4,5)15-18)16-21(6)17-10-12-22(7)19(2,3)14-17/h17-18H,9-16H2,1-8H3. The van der Waals surface area contributed by atoms with Crippen molar-refractivity contribution in [3.63, 3.8) is 0 Å². The molecule has 0 aliphatic carbocycles. The Bertz CT molecular complexity index is 406. The van der Waals surface area contributed by atoms with Crippen LogP contribution in [0.1, 0.15) is 60.3 Å². The fraction of sp³-hybridized carbons (Fsp3) is 1.00. The fourth-order valence-corrected chi connectivity index (χ4v) is 4.52. The maximum absolute atomic E-state index is 2.72. The van der Waals surface area contributed by atoms with E-state index in [9.17, 15) is 0 Å². The van der Waals surface area contributed by atoms with Gasteiger partial charge < -0.3 is 9.80 Å². The highest BCUT2D eigenvalue weighted by atomic mass is 15.3. The van der Waals surface area contributed by atoms with Crippen LogP contribution in [0, 0.1) is 0 Å². The van der Waals surface area contributed by atoms with E-state index in [1.54, 1.807) is 0 Å². The smallest absolute Gasteiger partial charge is 0.0508 e. The Morgan fingerprint density at radius 1 is 0.875 bits per heavy atom. The first kappa shape index (κ1) is 20.2. The predicted molar refractivity (Wildman–Crippen MR) is 104 cm³/mol. The van der Waals surface area contributed by atoms with E-state index in [2.05, 4.69) is 75.4 Å². The van der Waals surface area contributed by atoms with E-state index in [-0.39, 0.29) is 0 Å². The van der Waals surface area contributed by atoms with Gasteiger partial charge in [0.2, 0.25) is 0 Å². The molecule has 0 amide bonds. The van der Waals surface area contributed by atoms with Crippen LogP contribution in [0.25, 0.3) is 0 Å². The number of hydrogen-bond donors (Lipinski definition) is 0. The quantitative estimate of drug-likeness (QED) is 0.715. The molecule has 2 atom stereocenters. The molecule has 0 radical (unpaired) electrons. The summed E-state index contributed by atoms with van der Waals surface area (Å²) < 4.78 is 0. The lowest BCUT2D eigenvalue weighted by molar-refractivity contribution is -0.0119. The van der Waals surface area contributed by atoms with Gasteiger partial charge in [-0.2, -0.15) is 0 Å². The Morgan fingerprint density at radius 2 is 1.33 bits per heavy atom. The van der Waals surface area contributed by atoms with Crippen LogP contribution in [0.15, 0.2) is 0 Å². The number of hydrogen-bond acceptors (Lipinski definition) is 4. The fourth-order valence-electron chi connectivity index (χ4n) is 4.52. The van der Waals surface area contributed by atoms with Crippen molar-refractivity contribution in [3.8, 4) is 0 Å². The molecule has 0 spiro atoms. The number of nitrogens with zero attached hydrogens (tertiary/aromatic N) is 4. The monoisotopic (exact) mass is 338 g/mol. The normalized spacial score (nSPS) is 31.8. The molecule has 24 heavy (non-hydrogen) atoms. The molecule has 0 aromatic rings. The zero-order chi connectivity index (χ0) is 18.1. The lowest BCUT2D eigenvalue weighted by Gasteiger charge is -2.49. The van der Waals surface area contributed by atoms with Gasteiger partial charge in [-0.1, -0.05) is 6.92 Å². The van der Waals surface area contributed by atoms with Gasteiger partial charge in [0.25, 0.3) is 0 Å². The van der Waals surface area contributed by atoms with Crippen LogP contribution in [-0.2, 0) is 0 Å². The second-order valence-corrected chi connectivity index (χ2v) is 9.56. The summed E-state index contributed by atoms with van der Waals surface area (Å²) in [4.78, 5) is 10.4. The van der Waals surface area contributed by atoms with Crippen LogP contribution >= 0.6 is 0 Å².